The van der Waals surface area contributed by atoms with E-state index >= 15 is 0 Å². The highest BCUT2D eigenvalue weighted by Gasteiger charge is 2.06. The van der Waals surface area contributed by atoms with Gasteiger partial charge < -0.3 is 10.6 Å². The molecule has 1 aromatic rings. The monoisotopic (exact) mass is 336 g/mol. The van der Waals surface area contributed by atoms with Crippen LogP contribution in [0.4, 0.5) is 10.1 Å². The Morgan fingerprint density at radius 1 is 1.44 bits per heavy atom. The maximum atomic E-state index is 12.8. The van der Waals surface area contributed by atoms with E-state index in [0.29, 0.717) is 9.26 Å². The summed E-state index contributed by atoms with van der Waals surface area (Å²) in [4.78, 5) is 21.9. The average Bonchev–Trinajstić information content (AvgIpc) is 2.19. The first-order valence-corrected chi connectivity index (χ1v) is 5.56. The van der Waals surface area contributed by atoms with Crippen LogP contribution in [0.25, 0.3) is 0 Å². The minimum Gasteiger partial charge on any atom is -0.347 e. The first-order valence-electron chi connectivity index (χ1n) is 4.48. The van der Waals surface area contributed by atoms with Crippen LogP contribution in [0.1, 0.15) is 6.92 Å². The van der Waals surface area contributed by atoms with Gasteiger partial charge in [-0.15, -0.1) is 0 Å². The number of carbonyl (C=O) groups is 2. The minimum atomic E-state index is -0.357. The number of halogens is 2. The molecule has 0 fully saturated rings. The zero-order valence-corrected chi connectivity index (χ0v) is 10.7. The van der Waals surface area contributed by atoms with E-state index in [9.17, 15) is 14.0 Å². The first kappa shape index (κ1) is 12.9. The number of benzene rings is 1. The van der Waals surface area contributed by atoms with Gasteiger partial charge in [-0.1, -0.05) is 0 Å². The fourth-order valence-corrected chi connectivity index (χ4v) is 1.60. The Bertz CT molecular complexity index is 423. The summed E-state index contributed by atoms with van der Waals surface area (Å²) in [5, 5.41) is 4.93. The summed E-state index contributed by atoms with van der Waals surface area (Å²) in [6.45, 7) is 1.23. The highest BCUT2D eigenvalue weighted by molar-refractivity contribution is 14.1. The van der Waals surface area contributed by atoms with Crippen molar-refractivity contribution in [1.29, 1.82) is 0 Å². The molecule has 1 aromatic carbocycles. The van der Waals surface area contributed by atoms with E-state index in [1.807, 2.05) is 22.6 Å². The van der Waals surface area contributed by atoms with Gasteiger partial charge in [0.25, 0.3) is 0 Å². The van der Waals surface area contributed by atoms with Gasteiger partial charge in [-0.05, 0) is 40.8 Å². The lowest BCUT2D eigenvalue weighted by Crippen LogP contribution is -2.31. The lowest BCUT2D eigenvalue weighted by Gasteiger charge is -2.07. The summed E-state index contributed by atoms with van der Waals surface area (Å²) in [7, 11) is 0. The van der Waals surface area contributed by atoms with Gasteiger partial charge in [0.15, 0.2) is 0 Å². The number of hydrogen-bond donors (Lipinski definition) is 2. The molecule has 0 unspecified atom stereocenters. The Morgan fingerprint density at radius 3 is 2.69 bits per heavy atom. The molecule has 4 nitrogen and oxygen atoms in total. The molecule has 0 aliphatic heterocycles. The molecule has 0 aliphatic carbocycles. The van der Waals surface area contributed by atoms with Crippen molar-refractivity contribution in [2.24, 2.45) is 0 Å². The first-order chi connectivity index (χ1) is 7.49. The molecule has 0 spiro atoms. The van der Waals surface area contributed by atoms with Crippen LogP contribution in [0.3, 0.4) is 0 Å². The van der Waals surface area contributed by atoms with Crippen molar-refractivity contribution in [2.45, 2.75) is 6.92 Å². The molecule has 0 saturated heterocycles. The van der Waals surface area contributed by atoms with E-state index in [-0.39, 0.29) is 24.2 Å². The molecule has 1 rings (SSSR count). The van der Waals surface area contributed by atoms with Gasteiger partial charge in [0.2, 0.25) is 11.8 Å². The summed E-state index contributed by atoms with van der Waals surface area (Å²) in [6.07, 6.45) is 0. The normalized spacial score (nSPS) is 9.69. The average molecular weight is 336 g/mol. The smallest absolute Gasteiger partial charge is 0.243 e. The Balaban J connectivity index is 2.59. The molecular weight excluding hydrogens is 326 g/mol. The Hall–Kier alpha value is -1.18. The third-order valence-corrected chi connectivity index (χ3v) is 2.60. The second kappa shape index (κ2) is 5.78. The highest BCUT2D eigenvalue weighted by atomic mass is 127. The molecule has 0 radical (unpaired) electrons. The summed E-state index contributed by atoms with van der Waals surface area (Å²) >= 11 is 1.92. The molecule has 16 heavy (non-hydrogen) atoms. The topological polar surface area (TPSA) is 58.2 Å². The Kier molecular flexibility index (Phi) is 4.66. The number of carbonyl (C=O) groups excluding carboxylic acids is 2. The van der Waals surface area contributed by atoms with E-state index in [0.717, 1.165) is 0 Å². The number of rotatable bonds is 3. The van der Waals surface area contributed by atoms with Gasteiger partial charge in [-0.2, -0.15) is 0 Å². The lowest BCUT2D eigenvalue weighted by molar-refractivity contribution is -0.122. The van der Waals surface area contributed by atoms with Crippen LogP contribution in [0.15, 0.2) is 18.2 Å². The molecular formula is C10H10FIN2O2. The van der Waals surface area contributed by atoms with Crippen LogP contribution in [0.5, 0.6) is 0 Å². The Labute approximate surface area is 106 Å². The quantitative estimate of drug-likeness (QED) is 0.822. The largest absolute Gasteiger partial charge is 0.347 e. The fourth-order valence-electron chi connectivity index (χ4n) is 0.990. The molecule has 2 amide bonds. The molecule has 0 saturated carbocycles. The van der Waals surface area contributed by atoms with Crippen molar-refractivity contribution in [2.75, 3.05) is 11.9 Å². The van der Waals surface area contributed by atoms with Gasteiger partial charge >= 0.3 is 0 Å². The van der Waals surface area contributed by atoms with Gasteiger partial charge in [-0.25, -0.2) is 4.39 Å². The van der Waals surface area contributed by atoms with Gasteiger partial charge in [-0.3, -0.25) is 9.59 Å². The maximum absolute atomic E-state index is 12.8. The molecule has 0 aliphatic rings. The molecule has 0 atom stereocenters. The molecule has 0 heterocycles. The SMILES string of the molecule is CC(=O)NCC(=O)Nc1ccc(F)cc1I. The van der Waals surface area contributed by atoms with Crippen molar-refractivity contribution in [1.82, 2.24) is 5.32 Å². The second-order valence-corrected chi connectivity index (χ2v) is 4.24. The molecule has 2 N–H and O–H groups in total. The predicted octanol–water partition coefficient (Wildman–Crippen LogP) is 1.50. The fraction of sp³-hybridized carbons (Fsp3) is 0.200. The van der Waals surface area contributed by atoms with Crippen molar-refractivity contribution in [3.63, 3.8) is 0 Å². The zero-order chi connectivity index (χ0) is 12.1. The van der Waals surface area contributed by atoms with Crippen molar-refractivity contribution < 1.29 is 14.0 Å². The molecule has 6 heteroatoms. The van der Waals surface area contributed by atoms with E-state index in [1.165, 1.54) is 25.1 Å². The summed E-state index contributed by atoms with van der Waals surface area (Å²) in [5.41, 5.74) is 0.525. The summed E-state index contributed by atoms with van der Waals surface area (Å²) in [6, 6.07) is 4.05. The van der Waals surface area contributed by atoms with Crippen molar-refractivity contribution in [3.8, 4) is 0 Å². The van der Waals surface area contributed by atoms with Crippen LogP contribution in [-0.4, -0.2) is 18.4 Å². The van der Waals surface area contributed by atoms with E-state index in [4.69, 9.17) is 0 Å². The summed E-state index contributed by atoms with van der Waals surface area (Å²) < 4.78 is 13.4. The van der Waals surface area contributed by atoms with Crippen LogP contribution in [-0.2, 0) is 9.59 Å². The number of hydrogen-bond acceptors (Lipinski definition) is 2. The van der Waals surface area contributed by atoms with Crippen LogP contribution in [0.2, 0.25) is 0 Å². The number of amides is 2. The molecule has 0 bridgehead atoms. The lowest BCUT2D eigenvalue weighted by atomic mass is 10.3. The predicted molar refractivity (Wildman–Crippen MR) is 66.4 cm³/mol. The van der Waals surface area contributed by atoms with Crippen molar-refractivity contribution >= 4 is 40.1 Å². The molecule has 0 aromatic heterocycles. The van der Waals surface area contributed by atoms with Crippen LogP contribution >= 0.6 is 22.6 Å². The van der Waals surface area contributed by atoms with Crippen LogP contribution < -0.4 is 10.6 Å². The highest BCUT2D eigenvalue weighted by Crippen LogP contribution is 2.18. The van der Waals surface area contributed by atoms with Crippen molar-refractivity contribution in [3.05, 3.63) is 27.6 Å². The molecule has 86 valence electrons. The summed E-state index contributed by atoms with van der Waals surface area (Å²) in [5.74, 6) is -0.979. The maximum Gasteiger partial charge on any atom is 0.243 e. The van der Waals surface area contributed by atoms with Gasteiger partial charge in [0, 0.05) is 10.5 Å². The van der Waals surface area contributed by atoms with E-state index in [2.05, 4.69) is 10.6 Å². The Morgan fingerprint density at radius 2 is 2.12 bits per heavy atom. The van der Waals surface area contributed by atoms with Gasteiger partial charge in [0.1, 0.15) is 5.82 Å². The third-order valence-electron chi connectivity index (χ3n) is 1.70. The number of anilines is 1. The zero-order valence-electron chi connectivity index (χ0n) is 8.51. The third kappa shape index (κ3) is 4.13. The van der Waals surface area contributed by atoms with Gasteiger partial charge in [0.05, 0.1) is 12.2 Å². The van der Waals surface area contributed by atoms with E-state index < -0.39 is 0 Å². The standard InChI is InChI=1S/C10H10FIN2O2/c1-6(15)13-5-10(16)14-9-3-2-7(11)4-8(9)12/h2-4H,5H2,1H3,(H,13,15)(H,14,16). The van der Waals surface area contributed by atoms with Crippen LogP contribution in [0, 0.1) is 9.39 Å². The minimum absolute atomic E-state index is 0.0945. The number of nitrogens with one attached hydrogen (secondary N) is 2. The second-order valence-electron chi connectivity index (χ2n) is 3.08. The van der Waals surface area contributed by atoms with E-state index in [1.54, 1.807) is 0 Å².